The van der Waals surface area contributed by atoms with Crippen molar-refractivity contribution in [1.82, 2.24) is 0 Å². The second kappa shape index (κ2) is 1.62. The summed E-state index contributed by atoms with van der Waals surface area (Å²) >= 11 is 0. The van der Waals surface area contributed by atoms with Gasteiger partial charge >= 0.3 is 5.97 Å². The van der Waals surface area contributed by atoms with Crippen LogP contribution < -0.4 is 0 Å². The van der Waals surface area contributed by atoms with Crippen LogP contribution in [0, 0.1) is 29.6 Å². The van der Waals surface area contributed by atoms with E-state index >= 15 is 0 Å². The molecule has 0 spiro atoms. The molecule has 2 bridgehead atoms. The van der Waals surface area contributed by atoms with Crippen LogP contribution in [0.15, 0.2) is 0 Å². The molecule has 0 heterocycles. The first-order valence-corrected chi connectivity index (χ1v) is 4.52. The lowest BCUT2D eigenvalue weighted by Gasteiger charge is -2.04. The van der Waals surface area contributed by atoms with Gasteiger partial charge in [-0.3, -0.25) is 4.79 Å². The number of hydrogen-bond acceptors (Lipinski definition) is 1. The maximum Gasteiger partial charge on any atom is 0.307 e. The van der Waals surface area contributed by atoms with Crippen LogP contribution >= 0.6 is 0 Å². The molecule has 4 atom stereocenters. The smallest absolute Gasteiger partial charge is 0.307 e. The van der Waals surface area contributed by atoms with E-state index in [9.17, 15) is 4.79 Å². The topological polar surface area (TPSA) is 37.3 Å². The van der Waals surface area contributed by atoms with Crippen molar-refractivity contribution in [2.45, 2.75) is 19.3 Å². The van der Waals surface area contributed by atoms with Gasteiger partial charge in [-0.15, -0.1) is 0 Å². The summed E-state index contributed by atoms with van der Waals surface area (Å²) in [5.74, 6) is 2.34. The van der Waals surface area contributed by atoms with E-state index in [1.807, 2.05) is 0 Å². The number of hydrogen-bond donors (Lipinski definition) is 1. The van der Waals surface area contributed by atoms with Gasteiger partial charge in [-0.05, 0) is 42.9 Å². The number of aliphatic carboxylic acids is 1. The Morgan fingerprint density at radius 2 is 1.73 bits per heavy atom. The van der Waals surface area contributed by atoms with Crippen LogP contribution in [0.1, 0.15) is 19.3 Å². The molecular formula is C9H12O2. The van der Waals surface area contributed by atoms with Gasteiger partial charge in [0.1, 0.15) is 0 Å². The summed E-state index contributed by atoms with van der Waals surface area (Å²) in [5.41, 5.74) is 0. The van der Waals surface area contributed by atoms with E-state index < -0.39 is 5.97 Å². The van der Waals surface area contributed by atoms with Crippen LogP contribution in [0.5, 0.6) is 0 Å². The average molecular weight is 152 g/mol. The Morgan fingerprint density at radius 3 is 2.18 bits per heavy atom. The SMILES string of the molecule is O=C(O)C1[C@@H]2[C@H]3CC[C@@H](C3)[C@@H]12. The van der Waals surface area contributed by atoms with Crippen LogP contribution in [-0.2, 0) is 4.79 Å². The van der Waals surface area contributed by atoms with Crippen molar-refractivity contribution < 1.29 is 9.90 Å². The largest absolute Gasteiger partial charge is 0.481 e. The first-order valence-electron chi connectivity index (χ1n) is 4.52. The van der Waals surface area contributed by atoms with Crippen molar-refractivity contribution in [2.24, 2.45) is 29.6 Å². The van der Waals surface area contributed by atoms with Crippen molar-refractivity contribution in [3.05, 3.63) is 0 Å². The van der Waals surface area contributed by atoms with Crippen LogP contribution in [0.3, 0.4) is 0 Å². The third kappa shape index (κ3) is 0.569. The van der Waals surface area contributed by atoms with Crippen LogP contribution in [0.25, 0.3) is 0 Å². The molecule has 0 radical (unpaired) electrons. The molecule has 60 valence electrons. The molecule has 3 rings (SSSR count). The van der Waals surface area contributed by atoms with Crippen molar-refractivity contribution >= 4 is 5.97 Å². The zero-order valence-corrected chi connectivity index (χ0v) is 6.36. The van der Waals surface area contributed by atoms with Gasteiger partial charge in [0.2, 0.25) is 0 Å². The summed E-state index contributed by atoms with van der Waals surface area (Å²) in [5, 5.41) is 8.82. The second-order valence-corrected chi connectivity index (χ2v) is 4.35. The monoisotopic (exact) mass is 152 g/mol. The summed E-state index contributed by atoms with van der Waals surface area (Å²) in [7, 11) is 0. The second-order valence-electron chi connectivity index (χ2n) is 4.35. The van der Waals surface area contributed by atoms with Crippen LogP contribution in [0.4, 0.5) is 0 Å². The highest BCUT2D eigenvalue weighted by atomic mass is 16.4. The lowest BCUT2D eigenvalue weighted by Crippen LogP contribution is -2.07. The Hall–Kier alpha value is -0.530. The molecule has 0 saturated heterocycles. The standard InChI is InChI=1S/C9H12O2/c10-9(11)8-6-4-1-2-5(3-4)7(6)8/h4-8H,1-3H2,(H,10,11)/t4-,5-,6+,7+/m0/s1. The van der Waals surface area contributed by atoms with Gasteiger partial charge in [-0.2, -0.15) is 0 Å². The Morgan fingerprint density at radius 1 is 1.18 bits per heavy atom. The van der Waals surface area contributed by atoms with Gasteiger partial charge in [0, 0.05) is 0 Å². The van der Waals surface area contributed by atoms with Crippen molar-refractivity contribution in [2.75, 3.05) is 0 Å². The lowest BCUT2D eigenvalue weighted by molar-refractivity contribution is -0.139. The van der Waals surface area contributed by atoms with Gasteiger partial charge in [-0.1, -0.05) is 0 Å². The molecule has 3 fully saturated rings. The van der Waals surface area contributed by atoms with Crippen molar-refractivity contribution in [1.29, 1.82) is 0 Å². The predicted octanol–water partition coefficient (Wildman–Crippen LogP) is 1.36. The van der Waals surface area contributed by atoms with Gasteiger partial charge in [0.25, 0.3) is 0 Å². The lowest BCUT2D eigenvalue weighted by atomic mass is 10.0. The van der Waals surface area contributed by atoms with Gasteiger partial charge in [0.05, 0.1) is 5.92 Å². The fourth-order valence-electron chi connectivity index (χ4n) is 3.66. The summed E-state index contributed by atoms with van der Waals surface area (Å²) < 4.78 is 0. The highest BCUT2D eigenvalue weighted by molar-refractivity contribution is 5.75. The molecule has 0 unspecified atom stereocenters. The van der Waals surface area contributed by atoms with E-state index in [-0.39, 0.29) is 5.92 Å². The Kier molecular flexibility index (Phi) is 0.890. The molecule has 3 aliphatic carbocycles. The number of carbonyl (C=O) groups is 1. The summed E-state index contributed by atoms with van der Waals surface area (Å²) in [6.07, 6.45) is 3.98. The molecule has 0 aromatic heterocycles. The molecule has 3 aliphatic rings. The normalized spacial score (nSPS) is 57.6. The molecule has 11 heavy (non-hydrogen) atoms. The quantitative estimate of drug-likeness (QED) is 0.616. The molecule has 2 heteroatoms. The highest BCUT2D eigenvalue weighted by Gasteiger charge is 2.67. The van der Waals surface area contributed by atoms with Gasteiger partial charge < -0.3 is 5.11 Å². The number of fused-ring (bicyclic) bond motifs is 5. The highest BCUT2D eigenvalue weighted by Crippen LogP contribution is 2.69. The third-order valence-corrected chi connectivity index (χ3v) is 4.02. The summed E-state index contributed by atoms with van der Waals surface area (Å²) in [4.78, 5) is 10.7. The fraction of sp³-hybridized carbons (Fsp3) is 0.889. The minimum atomic E-state index is -0.531. The van der Waals surface area contributed by atoms with Gasteiger partial charge in [-0.25, -0.2) is 0 Å². The Balaban J connectivity index is 1.86. The number of carboxylic acids is 1. The zero-order chi connectivity index (χ0) is 7.59. The molecule has 0 aromatic rings. The average Bonchev–Trinajstić information content (AvgIpc) is 2.44. The molecule has 0 aliphatic heterocycles. The number of carboxylic acid groups (broad SMARTS) is 1. The van der Waals surface area contributed by atoms with Crippen LogP contribution in [0.2, 0.25) is 0 Å². The molecule has 0 amide bonds. The van der Waals surface area contributed by atoms with Crippen LogP contribution in [-0.4, -0.2) is 11.1 Å². The molecule has 1 N–H and O–H groups in total. The van der Waals surface area contributed by atoms with E-state index in [1.165, 1.54) is 19.3 Å². The fourth-order valence-corrected chi connectivity index (χ4v) is 3.66. The van der Waals surface area contributed by atoms with E-state index in [0.29, 0.717) is 11.8 Å². The van der Waals surface area contributed by atoms with E-state index in [0.717, 1.165) is 11.8 Å². The molecular weight excluding hydrogens is 140 g/mol. The third-order valence-electron chi connectivity index (χ3n) is 4.02. The van der Waals surface area contributed by atoms with E-state index in [1.54, 1.807) is 0 Å². The predicted molar refractivity (Wildman–Crippen MR) is 38.9 cm³/mol. The van der Waals surface area contributed by atoms with Gasteiger partial charge in [0.15, 0.2) is 0 Å². The van der Waals surface area contributed by atoms with Crippen molar-refractivity contribution in [3.8, 4) is 0 Å². The minimum Gasteiger partial charge on any atom is -0.481 e. The van der Waals surface area contributed by atoms with Crippen molar-refractivity contribution in [3.63, 3.8) is 0 Å². The molecule has 2 nitrogen and oxygen atoms in total. The first-order chi connectivity index (χ1) is 5.29. The minimum absolute atomic E-state index is 0.0706. The Labute approximate surface area is 65.6 Å². The van der Waals surface area contributed by atoms with E-state index in [4.69, 9.17) is 5.11 Å². The maximum atomic E-state index is 10.7. The molecule has 3 saturated carbocycles. The first kappa shape index (κ1) is 6.04. The summed E-state index contributed by atoms with van der Waals surface area (Å²) in [6, 6.07) is 0. The maximum absolute atomic E-state index is 10.7. The summed E-state index contributed by atoms with van der Waals surface area (Å²) in [6.45, 7) is 0. The zero-order valence-electron chi connectivity index (χ0n) is 6.36. The Bertz CT molecular complexity index is 208. The van der Waals surface area contributed by atoms with E-state index in [2.05, 4.69) is 0 Å². The molecule has 0 aromatic carbocycles. The number of rotatable bonds is 1.